The van der Waals surface area contributed by atoms with Crippen LogP contribution in [0.2, 0.25) is 0 Å². The normalized spacial score (nSPS) is 7.00. The maximum absolute atomic E-state index is 9.82. The molecular weight excluding hydrogens is 278 g/mol. The number of carbonyl (C=O) groups is 2. The smallest absolute Gasteiger partial charge is 0.730 e. The first-order valence-corrected chi connectivity index (χ1v) is 6.00. The number of rotatable bonds is 2. The minimum Gasteiger partial charge on any atom is -0.730 e. The molecule has 72 valence electrons. The molecule has 0 aliphatic rings. The van der Waals surface area contributed by atoms with Crippen LogP contribution < -0.4 is 59.1 Å². The first-order valence-electron chi connectivity index (χ1n) is 3.22. The molecule has 0 fully saturated rings. The molecule has 0 amide bonds. The average Bonchev–Trinajstić information content (AvgIpc) is 1.87. The van der Waals surface area contributed by atoms with Crippen LogP contribution in [-0.4, -0.2) is 20.4 Å². The Labute approximate surface area is 149 Å². The zero-order valence-corrected chi connectivity index (χ0v) is 16.1. The van der Waals surface area contributed by atoms with Crippen molar-refractivity contribution in [1.29, 1.82) is 0 Å². The molecule has 0 radical (unpaired) electrons. The first kappa shape index (κ1) is 25.4. The fourth-order valence-electron chi connectivity index (χ4n) is 0.236. The van der Waals surface area contributed by atoms with E-state index < -0.39 is 0 Å². The Bertz CT molecular complexity index is 130. The van der Waals surface area contributed by atoms with Crippen molar-refractivity contribution in [3.8, 4) is 0 Å². The Morgan fingerprint density at radius 3 is 1.14 bits per heavy atom. The van der Waals surface area contributed by atoms with Crippen molar-refractivity contribution in [2.45, 2.75) is 13.8 Å². The predicted octanol–water partition coefficient (Wildman–Crippen LogP) is -3.18. The molecule has 0 aromatic heterocycles. The monoisotopic (exact) mass is 288 g/mol. The Morgan fingerprint density at radius 2 is 1.14 bits per heavy atom. The van der Waals surface area contributed by atoms with Crippen LogP contribution in [0, 0.1) is 0 Å². The molecule has 0 spiro atoms. The summed E-state index contributed by atoms with van der Waals surface area (Å²) in [6, 6.07) is 0. The summed E-state index contributed by atoms with van der Waals surface area (Å²) in [5.74, 6) is 1.59. The SMILES string of the molecule is CCSC(=O)[S-].CCSC(=O)[S-].[Na+].[Na+]. The minimum absolute atomic E-state index is 0. The van der Waals surface area contributed by atoms with Crippen molar-refractivity contribution < 1.29 is 68.7 Å². The summed E-state index contributed by atoms with van der Waals surface area (Å²) in [6.07, 6.45) is 0. The van der Waals surface area contributed by atoms with Crippen molar-refractivity contribution in [3.63, 3.8) is 0 Å². The summed E-state index contributed by atoms with van der Waals surface area (Å²) in [5, 5.41) is 0. The quantitative estimate of drug-likeness (QED) is 0.394. The van der Waals surface area contributed by atoms with Gasteiger partial charge in [0.15, 0.2) is 0 Å². The van der Waals surface area contributed by atoms with E-state index in [2.05, 4.69) is 25.3 Å². The molecule has 0 unspecified atom stereocenters. The number of carbonyl (C=O) groups excluding carboxylic acids is 2. The average molecular weight is 288 g/mol. The molecule has 0 rings (SSSR count). The van der Waals surface area contributed by atoms with Gasteiger partial charge in [-0.15, -0.1) is 23.5 Å². The third-order valence-corrected chi connectivity index (χ3v) is 2.28. The van der Waals surface area contributed by atoms with E-state index in [1.807, 2.05) is 13.8 Å². The molecule has 14 heavy (non-hydrogen) atoms. The van der Waals surface area contributed by atoms with Gasteiger partial charge in [-0.25, -0.2) is 0 Å². The summed E-state index contributed by atoms with van der Waals surface area (Å²) < 4.78 is -0.421. The molecule has 2 nitrogen and oxygen atoms in total. The molecule has 0 aliphatic heterocycles. The van der Waals surface area contributed by atoms with Gasteiger partial charge in [0.05, 0.1) is 8.89 Å². The maximum Gasteiger partial charge on any atom is 1.00 e. The van der Waals surface area contributed by atoms with E-state index in [0.29, 0.717) is 0 Å². The first-order chi connectivity index (χ1) is 5.54. The van der Waals surface area contributed by atoms with Gasteiger partial charge in [-0.2, -0.15) is 0 Å². The Kier molecular flexibility index (Phi) is 37.7. The van der Waals surface area contributed by atoms with Crippen LogP contribution in [-0.2, 0) is 25.3 Å². The summed E-state index contributed by atoms with van der Waals surface area (Å²) in [6.45, 7) is 3.80. The predicted molar refractivity (Wildman–Crippen MR) is 61.8 cm³/mol. The van der Waals surface area contributed by atoms with Gasteiger partial charge in [0.25, 0.3) is 0 Å². The fraction of sp³-hybridized carbons (Fsp3) is 0.667. The second kappa shape index (κ2) is 20.8. The fourth-order valence-corrected chi connectivity index (χ4v) is 1.41. The van der Waals surface area contributed by atoms with Gasteiger partial charge in [0.1, 0.15) is 0 Å². The molecule has 0 atom stereocenters. The van der Waals surface area contributed by atoms with Gasteiger partial charge in [0, 0.05) is 0 Å². The summed E-state index contributed by atoms with van der Waals surface area (Å²) in [5.41, 5.74) is 0. The second-order valence-corrected chi connectivity index (χ2v) is 5.10. The van der Waals surface area contributed by atoms with Crippen LogP contribution >= 0.6 is 23.5 Å². The van der Waals surface area contributed by atoms with Gasteiger partial charge in [-0.3, -0.25) is 0 Å². The van der Waals surface area contributed by atoms with Gasteiger partial charge in [-0.1, -0.05) is 13.8 Å². The van der Waals surface area contributed by atoms with Gasteiger partial charge < -0.3 is 34.8 Å². The van der Waals surface area contributed by atoms with E-state index in [0.717, 1.165) is 35.0 Å². The molecule has 0 bridgehead atoms. The molecular formula is C6H10Na2O2S4. The zero-order valence-electron chi connectivity index (χ0n) is 8.86. The maximum atomic E-state index is 9.82. The summed E-state index contributed by atoms with van der Waals surface area (Å²) >= 11 is 10.7. The largest absolute Gasteiger partial charge is 1.00 e. The molecule has 0 saturated heterocycles. The number of hydrogen-bond acceptors (Lipinski definition) is 6. The van der Waals surface area contributed by atoms with E-state index in [-0.39, 0.29) is 68.0 Å². The summed E-state index contributed by atoms with van der Waals surface area (Å²) in [4.78, 5) is 19.6. The second-order valence-electron chi connectivity index (χ2n) is 1.37. The molecule has 0 heterocycles. The van der Waals surface area contributed by atoms with Crippen molar-refractivity contribution in [3.05, 3.63) is 0 Å². The van der Waals surface area contributed by atoms with Crippen LogP contribution in [0.15, 0.2) is 0 Å². The Morgan fingerprint density at radius 1 is 0.929 bits per heavy atom. The van der Waals surface area contributed by atoms with E-state index in [1.165, 1.54) is 0 Å². The topological polar surface area (TPSA) is 34.1 Å². The molecule has 8 heteroatoms. The van der Waals surface area contributed by atoms with Crippen molar-refractivity contribution in [2.75, 3.05) is 11.5 Å². The van der Waals surface area contributed by atoms with E-state index >= 15 is 0 Å². The molecule has 0 aliphatic carbocycles. The van der Waals surface area contributed by atoms with Gasteiger partial charge >= 0.3 is 59.1 Å². The van der Waals surface area contributed by atoms with E-state index in [9.17, 15) is 9.59 Å². The van der Waals surface area contributed by atoms with Crippen LogP contribution in [0.5, 0.6) is 0 Å². The standard InChI is InChI=1S/2C3H6OS2.2Na/c2*1-2-6-3(4)5;;/h2*2H2,1H3,(H,4,5);;/q;;2*+1/p-2. The van der Waals surface area contributed by atoms with Gasteiger partial charge in [-0.05, 0) is 11.5 Å². The summed E-state index contributed by atoms with van der Waals surface area (Å²) in [7, 11) is 0. The molecule has 0 saturated carbocycles. The van der Waals surface area contributed by atoms with Crippen molar-refractivity contribution in [2.24, 2.45) is 0 Å². The molecule has 0 aromatic rings. The molecule has 0 aromatic carbocycles. The Hall–Kier alpha value is 2.48. The third kappa shape index (κ3) is 36.6. The van der Waals surface area contributed by atoms with Crippen LogP contribution in [0.25, 0.3) is 0 Å². The van der Waals surface area contributed by atoms with E-state index in [4.69, 9.17) is 0 Å². The minimum atomic E-state index is -0.211. The third-order valence-electron chi connectivity index (χ3n) is 0.524. The van der Waals surface area contributed by atoms with Crippen LogP contribution in [0.4, 0.5) is 9.59 Å². The number of thioether (sulfide) groups is 2. The van der Waals surface area contributed by atoms with E-state index in [1.54, 1.807) is 0 Å². The van der Waals surface area contributed by atoms with Crippen molar-refractivity contribution in [1.82, 2.24) is 0 Å². The van der Waals surface area contributed by atoms with Gasteiger partial charge in [0.2, 0.25) is 0 Å². The number of hydrogen-bond donors (Lipinski definition) is 0. The zero-order chi connectivity index (χ0) is 9.98. The Balaban J connectivity index is -0.0000000625. The van der Waals surface area contributed by atoms with Crippen LogP contribution in [0.1, 0.15) is 13.8 Å². The molecule has 0 N–H and O–H groups in total. The van der Waals surface area contributed by atoms with Crippen molar-refractivity contribution >= 4 is 57.7 Å². The van der Waals surface area contributed by atoms with Crippen LogP contribution in [0.3, 0.4) is 0 Å².